The van der Waals surface area contributed by atoms with Crippen molar-refractivity contribution in [3.05, 3.63) is 58.3 Å². The van der Waals surface area contributed by atoms with Crippen LogP contribution in [0.3, 0.4) is 0 Å². The average molecular weight is 345 g/mol. The molecule has 1 atom stereocenters. The SMILES string of the molecule is CN(C(=O)C1CCCc2ccccc21)c1ccncc1Br. The van der Waals surface area contributed by atoms with E-state index in [1.807, 2.05) is 19.2 Å². The van der Waals surface area contributed by atoms with Crippen LogP contribution in [-0.2, 0) is 11.2 Å². The molecule has 0 fully saturated rings. The maximum Gasteiger partial charge on any atom is 0.234 e. The highest BCUT2D eigenvalue weighted by Gasteiger charge is 2.29. The quantitative estimate of drug-likeness (QED) is 0.826. The highest BCUT2D eigenvalue weighted by atomic mass is 79.9. The number of hydrogen-bond donors (Lipinski definition) is 0. The van der Waals surface area contributed by atoms with Gasteiger partial charge in [-0.3, -0.25) is 9.78 Å². The molecule has 0 N–H and O–H groups in total. The first-order valence-corrected chi connectivity index (χ1v) is 7.92. The van der Waals surface area contributed by atoms with Crippen LogP contribution in [0.5, 0.6) is 0 Å². The molecule has 1 amide bonds. The van der Waals surface area contributed by atoms with Crippen molar-refractivity contribution in [1.82, 2.24) is 4.98 Å². The summed E-state index contributed by atoms with van der Waals surface area (Å²) in [5.41, 5.74) is 3.35. The molecule has 1 aliphatic carbocycles. The molecule has 2 aromatic rings. The van der Waals surface area contributed by atoms with Crippen LogP contribution in [0.2, 0.25) is 0 Å². The highest BCUT2D eigenvalue weighted by Crippen LogP contribution is 2.34. The van der Waals surface area contributed by atoms with Gasteiger partial charge in [0.05, 0.1) is 16.1 Å². The first-order chi connectivity index (χ1) is 10.2. The zero-order valence-electron chi connectivity index (χ0n) is 11.9. The van der Waals surface area contributed by atoms with Gasteiger partial charge >= 0.3 is 0 Å². The number of anilines is 1. The van der Waals surface area contributed by atoms with E-state index >= 15 is 0 Å². The lowest BCUT2D eigenvalue weighted by Gasteiger charge is -2.29. The van der Waals surface area contributed by atoms with Crippen LogP contribution in [-0.4, -0.2) is 17.9 Å². The smallest absolute Gasteiger partial charge is 0.234 e. The Morgan fingerprint density at radius 1 is 1.33 bits per heavy atom. The Morgan fingerprint density at radius 3 is 2.95 bits per heavy atom. The standard InChI is InChI=1S/C17H17BrN2O/c1-20(16-9-10-19-11-15(16)18)17(21)14-8-4-6-12-5-2-3-7-13(12)14/h2-3,5,7,9-11,14H,4,6,8H2,1H3. The fraction of sp³-hybridized carbons (Fsp3) is 0.294. The van der Waals surface area contributed by atoms with E-state index < -0.39 is 0 Å². The normalized spacial score (nSPS) is 17.1. The molecule has 108 valence electrons. The number of aromatic nitrogens is 1. The number of fused-ring (bicyclic) bond motifs is 1. The number of amides is 1. The molecule has 21 heavy (non-hydrogen) atoms. The van der Waals surface area contributed by atoms with E-state index in [0.29, 0.717) is 0 Å². The number of halogens is 1. The molecule has 3 rings (SSSR count). The summed E-state index contributed by atoms with van der Waals surface area (Å²) in [4.78, 5) is 18.7. The van der Waals surface area contributed by atoms with Crippen molar-refractivity contribution in [3.63, 3.8) is 0 Å². The number of nitrogens with zero attached hydrogens (tertiary/aromatic N) is 2. The molecule has 0 saturated carbocycles. The fourth-order valence-corrected chi connectivity index (χ4v) is 3.52. The van der Waals surface area contributed by atoms with Crippen molar-refractivity contribution < 1.29 is 4.79 Å². The number of pyridine rings is 1. The second-order valence-electron chi connectivity index (χ2n) is 5.37. The second-order valence-corrected chi connectivity index (χ2v) is 6.22. The largest absolute Gasteiger partial charge is 0.314 e. The number of aryl methyl sites for hydroxylation is 1. The minimum Gasteiger partial charge on any atom is -0.314 e. The van der Waals surface area contributed by atoms with Crippen molar-refractivity contribution in [2.24, 2.45) is 0 Å². The van der Waals surface area contributed by atoms with E-state index in [2.05, 4.69) is 39.1 Å². The lowest BCUT2D eigenvalue weighted by molar-refractivity contribution is -0.120. The van der Waals surface area contributed by atoms with Crippen LogP contribution in [0.1, 0.15) is 29.9 Å². The van der Waals surface area contributed by atoms with Crippen LogP contribution in [0.4, 0.5) is 5.69 Å². The number of rotatable bonds is 2. The van der Waals surface area contributed by atoms with Crippen LogP contribution >= 0.6 is 15.9 Å². The molecule has 1 aromatic heterocycles. The summed E-state index contributed by atoms with van der Waals surface area (Å²) in [6, 6.07) is 10.2. The van der Waals surface area contributed by atoms with Crippen molar-refractivity contribution in [2.75, 3.05) is 11.9 Å². The van der Waals surface area contributed by atoms with Crippen molar-refractivity contribution >= 4 is 27.5 Å². The molecule has 0 bridgehead atoms. The molecule has 4 heteroatoms. The van der Waals surface area contributed by atoms with E-state index in [0.717, 1.165) is 29.4 Å². The van der Waals surface area contributed by atoms with Crippen LogP contribution in [0.25, 0.3) is 0 Å². The van der Waals surface area contributed by atoms with Gasteiger partial charge in [-0.2, -0.15) is 0 Å². The van der Waals surface area contributed by atoms with Crippen LogP contribution < -0.4 is 4.90 Å². The minimum absolute atomic E-state index is 0.0417. The lowest BCUT2D eigenvalue weighted by atomic mass is 9.82. The van der Waals surface area contributed by atoms with Crippen molar-refractivity contribution in [3.8, 4) is 0 Å². The summed E-state index contributed by atoms with van der Waals surface area (Å²) in [5, 5.41) is 0. The van der Waals surface area contributed by atoms with Gasteiger partial charge < -0.3 is 4.90 Å². The van der Waals surface area contributed by atoms with E-state index in [-0.39, 0.29) is 11.8 Å². The molecule has 1 unspecified atom stereocenters. The zero-order valence-corrected chi connectivity index (χ0v) is 13.5. The van der Waals surface area contributed by atoms with E-state index in [1.165, 1.54) is 11.1 Å². The number of likely N-dealkylation sites (N-methyl/N-ethyl adjacent to an activating group) is 1. The summed E-state index contributed by atoms with van der Waals surface area (Å²) in [6.45, 7) is 0. The molecule has 1 aromatic carbocycles. The summed E-state index contributed by atoms with van der Waals surface area (Å²) in [7, 11) is 1.83. The van der Waals surface area contributed by atoms with Crippen LogP contribution in [0, 0.1) is 0 Å². The Kier molecular flexibility index (Phi) is 4.06. The molecular weight excluding hydrogens is 328 g/mol. The Morgan fingerprint density at radius 2 is 2.14 bits per heavy atom. The number of carbonyl (C=O) groups excluding carboxylic acids is 1. The highest BCUT2D eigenvalue weighted by molar-refractivity contribution is 9.10. The second kappa shape index (κ2) is 5.98. The Bertz CT molecular complexity index is 671. The van der Waals surface area contributed by atoms with Gasteiger partial charge in [0, 0.05) is 19.4 Å². The first-order valence-electron chi connectivity index (χ1n) is 7.13. The van der Waals surface area contributed by atoms with Gasteiger partial charge in [0.1, 0.15) is 0 Å². The third kappa shape index (κ3) is 2.72. The molecule has 1 aliphatic rings. The number of benzene rings is 1. The third-order valence-electron chi connectivity index (χ3n) is 4.11. The Labute approximate surface area is 133 Å². The zero-order chi connectivity index (χ0) is 14.8. The topological polar surface area (TPSA) is 33.2 Å². The van der Waals surface area contributed by atoms with Gasteiger partial charge in [-0.05, 0) is 52.4 Å². The average Bonchev–Trinajstić information content (AvgIpc) is 2.53. The van der Waals surface area contributed by atoms with E-state index in [1.54, 1.807) is 17.3 Å². The molecular formula is C17H17BrN2O. The minimum atomic E-state index is -0.0417. The number of hydrogen-bond acceptors (Lipinski definition) is 2. The van der Waals surface area contributed by atoms with Gasteiger partial charge in [-0.25, -0.2) is 0 Å². The molecule has 0 spiro atoms. The molecule has 0 aliphatic heterocycles. The summed E-state index contributed by atoms with van der Waals surface area (Å²) in [5.74, 6) is 0.106. The van der Waals surface area contributed by atoms with Crippen molar-refractivity contribution in [2.45, 2.75) is 25.2 Å². The van der Waals surface area contributed by atoms with Gasteiger partial charge in [0.2, 0.25) is 5.91 Å². The van der Waals surface area contributed by atoms with Gasteiger partial charge in [0.25, 0.3) is 0 Å². The monoisotopic (exact) mass is 344 g/mol. The Balaban J connectivity index is 1.91. The molecule has 0 radical (unpaired) electrons. The summed E-state index contributed by atoms with van der Waals surface area (Å²) in [6.07, 6.45) is 6.48. The molecule has 3 nitrogen and oxygen atoms in total. The van der Waals surface area contributed by atoms with E-state index in [4.69, 9.17) is 0 Å². The third-order valence-corrected chi connectivity index (χ3v) is 4.72. The molecule has 0 saturated heterocycles. The van der Waals surface area contributed by atoms with Gasteiger partial charge in [0.15, 0.2) is 0 Å². The maximum absolute atomic E-state index is 12.9. The van der Waals surface area contributed by atoms with Crippen LogP contribution in [0.15, 0.2) is 47.2 Å². The van der Waals surface area contributed by atoms with E-state index in [9.17, 15) is 4.79 Å². The number of carbonyl (C=O) groups is 1. The predicted octanol–water partition coefficient (Wildman–Crippen LogP) is 3.93. The first kappa shape index (κ1) is 14.3. The fourth-order valence-electron chi connectivity index (χ4n) is 3.00. The summed E-state index contributed by atoms with van der Waals surface area (Å²) < 4.78 is 0.838. The maximum atomic E-state index is 12.9. The summed E-state index contributed by atoms with van der Waals surface area (Å²) >= 11 is 3.46. The Hall–Kier alpha value is -1.68. The van der Waals surface area contributed by atoms with Gasteiger partial charge in [-0.15, -0.1) is 0 Å². The molecule has 1 heterocycles. The van der Waals surface area contributed by atoms with Gasteiger partial charge in [-0.1, -0.05) is 24.3 Å². The predicted molar refractivity (Wildman–Crippen MR) is 87.5 cm³/mol. The van der Waals surface area contributed by atoms with Crippen molar-refractivity contribution in [1.29, 1.82) is 0 Å². The lowest BCUT2D eigenvalue weighted by Crippen LogP contribution is -2.33.